The van der Waals surface area contributed by atoms with Crippen LogP contribution in [0.4, 0.5) is 0 Å². The molecule has 0 fully saturated rings. The van der Waals surface area contributed by atoms with Crippen LogP contribution in [0.25, 0.3) is 0 Å². The summed E-state index contributed by atoms with van der Waals surface area (Å²) in [4.78, 5) is 14.5. The van der Waals surface area contributed by atoms with Gasteiger partial charge in [0.1, 0.15) is 13.2 Å². The molecule has 1 amide bonds. The molecule has 0 N–H and O–H groups in total. The molecule has 1 heterocycles. The third-order valence-corrected chi connectivity index (χ3v) is 7.30. The van der Waals surface area contributed by atoms with Crippen molar-refractivity contribution in [2.45, 2.75) is 31.3 Å². The topological polar surface area (TPSA) is 76.2 Å². The molecule has 1 aliphatic rings. The van der Waals surface area contributed by atoms with Gasteiger partial charge in [-0.3, -0.25) is 4.79 Å². The van der Waals surface area contributed by atoms with E-state index < -0.39 is 10.0 Å². The maximum atomic E-state index is 13.0. The number of benzene rings is 2. The van der Waals surface area contributed by atoms with Gasteiger partial charge in [0.25, 0.3) is 5.91 Å². The molecule has 0 aliphatic carbocycles. The van der Waals surface area contributed by atoms with Crippen LogP contribution in [0.5, 0.6) is 11.5 Å². The first kappa shape index (κ1) is 22.4. The molecule has 30 heavy (non-hydrogen) atoms. The molecular weight excluding hydrogens is 428 g/mol. The zero-order chi connectivity index (χ0) is 22.1. The highest BCUT2D eigenvalue weighted by molar-refractivity contribution is 7.89. The van der Waals surface area contributed by atoms with Gasteiger partial charge in [0.15, 0.2) is 11.5 Å². The molecule has 0 spiro atoms. The summed E-state index contributed by atoms with van der Waals surface area (Å²) in [6, 6.07) is 9.46. The molecule has 2 aromatic carbocycles. The monoisotopic (exact) mass is 452 g/mol. The van der Waals surface area contributed by atoms with Crippen LogP contribution in [-0.2, 0) is 16.6 Å². The van der Waals surface area contributed by atoms with Crippen LogP contribution in [0, 0.1) is 0 Å². The maximum Gasteiger partial charge on any atom is 0.255 e. The molecule has 0 atom stereocenters. The summed E-state index contributed by atoms with van der Waals surface area (Å²) in [5, 5.41) is 0.195. The van der Waals surface area contributed by atoms with Crippen LogP contribution in [0.2, 0.25) is 5.02 Å². The van der Waals surface area contributed by atoms with Crippen molar-refractivity contribution in [2.75, 3.05) is 27.3 Å². The summed E-state index contributed by atoms with van der Waals surface area (Å²) in [6.07, 6.45) is 0. The SMILES string of the molecule is CC(C)N(C)S(=O)(=O)c1ccc(Cl)c(C(=O)N(C)Cc2ccc3c(c2)OCCO3)c1. The Kier molecular flexibility index (Phi) is 6.59. The fraction of sp³-hybridized carbons (Fsp3) is 0.381. The Balaban J connectivity index is 1.84. The van der Waals surface area contributed by atoms with Gasteiger partial charge in [-0.2, -0.15) is 4.31 Å². The van der Waals surface area contributed by atoms with Crippen molar-refractivity contribution < 1.29 is 22.7 Å². The van der Waals surface area contributed by atoms with E-state index in [0.29, 0.717) is 31.3 Å². The molecule has 0 unspecified atom stereocenters. The Bertz CT molecular complexity index is 1060. The molecular formula is C21H25ClN2O5S. The molecule has 9 heteroatoms. The van der Waals surface area contributed by atoms with Gasteiger partial charge < -0.3 is 14.4 Å². The number of amides is 1. The van der Waals surface area contributed by atoms with Gasteiger partial charge >= 0.3 is 0 Å². The van der Waals surface area contributed by atoms with E-state index in [9.17, 15) is 13.2 Å². The van der Waals surface area contributed by atoms with Crippen LogP contribution in [0.1, 0.15) is 29.8 Å². The third kappa shape index (κ3) is 4.55. The van der Waals surface area contributed by atoms with Crippen molar-refractivity contribution in [1.29, 1.82) is 0 Å². The second-order valence-corrected chi connectivity index (χ2v) is 9.80. The van der Waals surface area contributed by atoms with Crippen LogP contribution >= 0.6 is 11.6 Å². The summed E-state index contributed by atoms with van der Waals surface area (Å²) in [5.41, 5.74) is 0.990. The molecule has 1 aliphatic heterocycles. The lowest BCUT2D eigenvalue weighted by Gasteiger charge is -2.23. The Labute approximate surface area is 182 Å². The van der Waals surface area contributed by atoms with Gasteiger partial charge in [-0.15, -0.1) is 0 Å². The summed E-state index contributed by atoms with van der Waals surface area (Å²) in [7, 11) is -0.592. The summed E-state index contributed by atoms with van der Waals surface area (Å²) in [5.74, 6) is 0.941. The second kappa shape index (κ2) is 8.83. The number of fused-ring (bicyclic) bond motifs is 1. The minimum atomic E-state index is -3.73. The van der Waals surface area contributed by atoms with Gasteiger partial charge in [-0.25, -0.2) is 8.42 Å². The average molecular weight is 453 g/mol. The van der Waals surface area contributed by atoms with Crippen LogP contribution in [0.15, 0.2) is 41.3 Å². The maximum absolute atomic E-state index is 13.0. The number of nitrogens with zero attached hydrogens (tertiary/aromatic N) is 2. The molecule has 3 rings (SSSR count). The summed E-state index contributed by atoms with van der Waals surface area (Å²) < 4.78 is 37.9. The zero-order valence-electron chi connectivity index (χ0n) is 17.4. The highest BCUT2D eigenvalue weighted by Crippen LogP contribution is 2.31. The van der Waals surface area contributed by atoms with E-state index in [0.717, 1.165) is 5.56 Å². The van der Waals surface area contributed by atoms with Gasteiger partial charge in [0.2, 0.25) is 10.0 Å². The predicted octanol–water partition coefficient (Wildman–Crippen LogP) is 3.41. The minimum Gasteiger partial charge on any atom is -0.486 e. The van der Waals surface area contributed by atoms with E-state index in [1.54, 1.807) is 20.9 Å². The van der Waals surface area contributed by atoms with E-state index in [1.807, 2.05) is 18.2 Å². The predicted molar refractivity (Wildman–Crippen MR) is 115 cm³/mol. The van der Waals surface area contributed by atoms with Crippen molar-refractivity contribution in [1.82, 2.24) is 9.21 Å². The zero-order valence-corrected chi connectivity index (χ0v) is 19.0. The quantitative estimate of drug-likeness (QED) is 0.671. The fourth-order valence-electron chi connectivity index (χ4n) is 3.01. The van der Waals surface area contributed by atoms with E-state index >= 15 is 0 Å². The number of sulfonamides is 1. The number of carbonyl (C=O) groups excluding carboxylic acids is 1. The Hall–Kier alpha value is -2.29. The van der Waals surface area contributed by atoms with Crippen LogP contribution in [-0.4, -0.2) is 56.9 Å². The number of carbonyl (C=O) groups is 1. The molecule has 0 bridgehead atoms. The van der Waals surface area contributed by atoms with Gasteiger partial charge in [-0.05, 0) is 49.7 Å². The third-order valence-electron chi connectivity index (χ3n) is 4.95. The van der Waals surface area contributed by atoms with Crippen molar-refractivity contribution >= 4 is 27.5 Å². The molecule has 0 saturated carbocycles. The van der Waals surface area contributed by atoms with Crippen molar-refractivity contribution in [3.05, 3.63) is 52.5 Å². The molecule has 0 radical (unpaired) electrons. The fourth-order valence-corrected chi connectivity index (χ4v) is 4.60. The smallest absolute Gasteiger partial charge is 0.255 e. The van der Waals surface area contributed by atoms with Gasteiger partial charge in [-0.1, -0.05) is 17.7 Å². The lowest BCUT2D eigenvalue weighted by atomic mass is 10.1. The molecule has 0 saturated heterocycles. The van der Waals surface area contributed by atoms with E-state index in [1.165, 1.54) is 34.5 Å². The average Bonchev–Trinajstić information content (AvgIpc) is 2.72. The number of hydrogen-bond acceptors (Lipinski definition) is 5. The summed E-state index contributed by atoms with van der Waals surface area (Å²) in [6.45, 7) is 4.84. The standard InChI is InChI=1S/C21H25ClN2O5S/c1-14(2)24(4)30(26,27)16-6-7-18(22)17(12-16)21(25)23(3)13-15-5-8-19-20(11-15)29-10-9-28-19/h5-8,11-12,14H,9-10,13H2,1-4H3. The highest BCUT2D eigenvalue weighted by Gasteiger charge is 2.26. The summed E-state index contributed by atoms with van der Waals surface area (Å²) >= 11 is 6.23. The second-order valence-electron chi connectivity index (χ2n) is 7.40. The molecule has 0 aromatic heterocycles. The van der Waals surface area contributed by atoms with Gasteiger partial charge in [0.05, 0.1) is 15.5 Å². The minimum absolute atomic E-state index is 0.0270. The largest absolute Gasteiger partial charge is 0.486 e. The number of ether oxygens (including phenoxy) is 2. The number of halogens is 1. The van der Waals surface area contributed by atoms with Crippen molar-refractivity contribution in [3.63, 3.8) is 0 Å². The van der Waals surface area contributed by atoms with Crippen molar-refractivity contribution in [3.8, 4) is 11.5 Å². The highest BCUT2D eigenvalue weighted by atomic mass is 35.5. The Morgan fingerprint density at radius 3 is 2.40 bits per heavy atom. The van der Waals surface area contributed by atoms with E-state index in [-0.39, 0.29) is 27.4 Å². The van der Waals surface area contributed by atoms with E-state index in [4.69, 9.17) is 21.1 Å². The Morgan fingerprint density at radius 1 is 1.07 bits per heavy atom. The van der Waals surface area contributed by atoms with Crippen LogP contribution < -0.4 is 9.47 Å². The first-order valence-electron chi connectivity index (χ1n) is 9.53. The van der Waals surface area contributed by atoms with Crippen LogP contribution in [0.3, 0.4) is 0 Å². The lowest BCUT2D eigenvalue weighted by Crippen LogP contribution is -2.33. The Morgan fingerprint density at radius 2 is 1.73 bits per heavy atom. The molecule has 2 aromatic rings. The first-order valence-corrected chi connectivity index (χ1v) is 11.3. The number of hydrogen-bond donors (Lipinski definition) is 0. The molecule has 7 nitrogen and oxygen atoms in total. The first-order chi connectivity index (χ1) is 14.1. The number of rotatable bonds is 6. The molecule has 162 valence electrons. The normalized spacial score (nSPS) is 13.6. The van der Waals surface area contributed by atoms with E-state index in [2.05, 4.69) is 0 Å². The van der Waals surface area contributed by atoms with Crippen molar-refractivity contribution in [2.24, 2.45) is 0 Å². The van der Waals surface area contributed by atoms with Gasteiger partial charge in [0, 0.05) is 26.7 Å². The lowest BCUT2D eigenvalue weighted by molar-refractivity contribution is 0.0784.